The van der Waals surface area contributed by atoms with Crippen molar-refractivity contribution in [3.05, 3.63) is 138 Å². The molecule has 0 aliphatic carbocycles. The van der Waals surface area contributed by atoms with E-state index in [1.54, 1.807) is 78.9 Å². The second-order valence-electron chi connectivity index (χ2n) is 10.6. The van der Waals surface area contributed by atoms with Gasteiger partial charge >= 0.3 is 7.82 Å². The maximum Gasteiger partial charge on any atom is 0.524 e. The molecule has 6 aromatic carbocycles. The topological polar surface area (TPSA) is 180 Å². The van der Waals surface area contributed by atoms with Crippen molar-refractivity contribution < 1.29 is 28.3 Å². The predicted octanol–water partition coefficient (Wildman–Crippen LogP) is 8.72. The van der Waals surface area contributed by atoms with Crippen LogP contribution in [0.25, 0.3) is 33.0 Å². The minimum atomic E-state index is -5.07. The van der Waals surface area contributed by atoms with Gasteiger partial charge in [-0.25, -0.2) is 4.57 Å². The van der Waals surface area contributed by atoms with Crippen molar-refractivity contribution in [1.82, 2.24) is 0 Å². The molecule has 2 N–H and O–H groups in total. The second-order valence-corrected chi connectivity index (χ2v) is 11.7. The number of hydrogen-bond donors (Lipinski definition) is 2. The number of nitriles is 4. The zero-order valence-electron chi connectivity index (χ0n) is 25.2. The van der Waals surface area contributed by atoms with Gasteiger partial charge in [-0.1, -0.05) is 48.5 Å². The number of phosphoric acid groups is 1. The molecule has 0 atom stereocenters. The van der Waals surface area contributed by atoms with Crippen molar-refractivity contribution in [2.45, 2.75) is 0 Å². The van der Waals surface area contributed by atoms with Crippen molar-refractivity contribution in [3.63, 3.8) is 0 Å². The highest BCUT2D eigenvalue weighted by atomic mass is 31.2. The standard InChI is InChI=1S/C38H21N4O6P/c39-20-27-11-13-33(17-29(27)22-41)46-31-8-3-6-24(15-31)36-19-25-5-1-2-10-35(25)38(48-49(43,44)45)37(36)26-7-4-9-32(16-26)47-34-14-12-28(21-40)30(18-34)23-42/h1-19H,(H2,43,44,45). The van der Waals surface area contributed by atoms with Crippen LogP contribution in [-0.2, 0) is 4.57 Å². The first-order valence-electron chi connectivity index (χ1n) is 14.5. The third kappa shape index (κ3) is 6.94. The minimum absolute atomic E-state index is 0.0548. The Balaban J connectivity index is 1.51. The molecule has 49 heavy (non-hydrogen) atoms. The van der Waals surface area contributed by atoms with Crippen molar-refractivity contribution in [1.29, 1.82) is 21.0 Å². The molecule has 0 amide bonds. The van der Waals surface area contributed by atoms with Crippen LogP contribution in [0.5, 0.6) is 28.7 Å². The fourth-order valence-electron chi connectivity index (χ4n) is 5.31. The molecule has 0 radical (unpaired) electrons. The summed E-state index contributed by atoms with van der Waals surface area (Å²) in [5.74, 6) is 1.34. The van der Waals surface area contributed by atoms with E-state index >= 15 is 0 Å². The quantitative estimate of drug-likeness (QED) is 0.150. The molecular formula is C38H21N4O6P. The molecule has 6 aromatic rings. The van der Waals surface area contributed by atoms with Crippen LogP contribution in [0, 0.1) is 45.3 Å². The van der Waals surface area contributed by atoms with Crippen LogP contribution in [-0.4, -0.2) is 9.79 Å². The fraction of sp³-hybridized carbons (Fsp3) is 0. The molecule has 10 nitrogen and oxygen atoms in total. The Morgan fingerprint density at radius 3 is 1.59 bits per heavy atom. The lowest BCUT2D eigenvalue weighted by atomic mass is 9.90. The second kappa shape index (κ2) is 13.4. The van der Waals surface area contributed by atoms with Crippen LogP contribution in [0.4, 0.5) is 0 Å². The Kier molecular flexibility index (Phi) is 8.79. The normalized spacial score (nSPS) is 10.7. The largest absolute Gasteiger partial charge is 0.524 e. The van der Waals surface area contributed by atoms with Gasteiger partial charge in [0.05, 0.1) is 22.3 Å². The van der Waals surface area contributed by atoms with Crippen molar-refractivity contribution in [3.8, 4) is 75.3 Å². The fourth-order valence-corrected chi connectivity index (χ4v) is 5.74. The van der Waals surface area contributed by atoms with Gasteiger partial charge in [-0.2, -0.15) is 21.0 Å². The third-order valence-corrected chi connectivity index (χ3v) is 7.84. The lowest BCUT2D eigenvalue weighted by Crippen LogP contribution is -1.97. The van der Waals surface area contributed by atoms with Gasteiger partial charge in [0.15, 0.2) is 0 Å². The van der Waals surface area contributed by atoms with Gasteiger partial charge in [0.1, 0.15) is 53.0 Å². The molecule has 0 aromatic heterocycles. The lowest BCUT2D eigenvalue weighted by Gasteiger charge is -2.20. The summed E-state index contributed by atoms with van der Waals surface area (Å²) < 4.78 is 29.9. The maximum absolute atomic E-state index is 12.4. The first-order chi connectivity index (χ1) is 23.7. The molecule has 0 spiro atoms. The highest BCUT2D eigenvalue weighted by Gasteiger charge is 2.25. The molecule has 0 heterocycles. The zero-order chi connectivity index (χ0) is 34.5. The first kappa shape index (κ1) is 32.0. The lowest BCUT2D eigenvalue weighted by molar-refractivity contribution is 0.284. The van der Waals surface area contributed by atoms with Gasteiger partial charge in [0.25, 0.3) is 0 Å². The molecular weight excluding hydrogens is 639 g/mol. The summed E-state index contributed by atoms with van der Waals surface area (Å²) >= 11 is 0. The Bertz CT molecular complexity index is 2500. The predicted molar refractivity (Wildman–Crippen MR) is 179 cm³/mol. The summed E-state index contributed by atoms with van der Waals surface area (Å²) in [6.07, 6.45) is 0. The molecule has 234 valence electrons. The minimum Gasteiger partial charge on any atom is -0.457 e. The van der Waals surface area contributed by atoms with Gasteiger partial charge in [-0.3, -0.25) is 9.79 Å². The zero-order valence-corrected chi connectivity index (χ0v) is 26.1. The maximum atomic E-state index is 12.4. The molecule has 11 heteroatoms. The summed E-state index contributed by atoms with van der Waals surface area (Å²) in [7, 11) is -5.07. The monoisotopic (exact) mass is 660 g/mol. The van der Waals surface area contributed by atoms with E-state index < -0.39 is 7.82 Å². The molecule has 0 fully saturated rings. The van der Waals surface area contributed by atoms with Crippen molar-refractivity contribution in [2.75, 3.05) is 0 Å². The number of benzene rings is 6. The summed E-state index contributed by atoms with van der Waals surface area (Å²) in [5.41, 5.74) is 2.75. The first-order valence-corrected chi connectivity index (χ1v) is 16.0. The average Bonchev–Trinajstić information content (AvgIpc) is 3.11. The van der Waals surface area contributed by atoms with Gasteiger partial charge < -0.3 is 14.0 Å². The molecule has 0 aliphatic rings. The average molecular weight is 661 g/mol. The summed E-state index contributed by atoms with van der Waals surface area (Å²) in [4.78, 5) is 20.1. The van der Waals surface area contributed by atoms with E-state index in [-0.39, 0.29) is 28.0 Å². The third-order valence-electron chi connectivity index (χ3n) is 7.41. The molecule has 6 rings (SSSR count). The van der Waals surface area contributed by atoms with E-state index in [0.717, 1.165) is 0 Å². The number of ether oxygens (including phenoxy) is 2. The van der Waals surface area contributed by atoms with Gasteiger partial charge in [0.2, 0.25) is 0 Å². The summed E-state index contributed by atoms with van der Waals surface area (Å²) in [6, 6.07) is 39.7. The number of hydrogen-bond acceptors (Lipinski definition) is 8. The Morgan fingerprint density at radius 2 is 1.04 bits per heavy atom. The van der Waals surface area contributed by atoms with Crippen LogP contribution in [0.15, 0.2) is 115 Å². The summed E-state index contributed by atoms with van der Waals surface area (Å²) in [5, 5.41) is 38.6. The molecule has 0 aliphatic heterocycles. The van der Waals surface area contributed by atoms with Crippen LogP contribution in [0.1, 0.15) is 22.3 Å². The van der Waals surface area contributed by atoms with Gasteiger partial charge in [0, 0.05) is 10.9 Å². The van der Waals surface area contributed by atoms with Crippen LogP contribution < -0.4 is 14.0 Å². The van der Waals surface area contributed by atoms with Gasteiger partial charge in [-0.15, -0.1) is 0 Å². The molecule has 0 saturated heterocycles. The van der Waals surface area contributed by atoms with E-state index in [4.69, 9.17) is 14.0 Å². The Morgan fingerprint density at radius 1 is 0.531 bits per heavy atom. The van der Waals surface area contributed by atoms with Crippen LogP contribution in [0.2, 0.25) is 0 Å². The van der Waals surface area contributed by atoms with Crippen LogP contribution in [0.3, 0.4) is 0 Å². The molecule has 0 saturated carbocycles. The number of fused-ring (bicyclic) bond motifs is 1. The number of rotatable bonds is 8. The molecule has 0 bridgehead atoms. The van der Waals surface area contributed by atoms with E-state index in [2.05, 4.69) is 0 Å². The van der Waals surface area contributed by atoms with E-state index in [1.807, 2.05) is 36.4 Å². The van der Waals surface area contributed by atoms with E-state index in [0.29, 0.717) is 56.0 Å². The van der Waals surface area contributed by atoms with Crippen LogP contribution >= 0.6 is 7.82 Å². The van der Waals surface area contributed by atoms with Crippen molar-refractivity contribution >= 4 is 18.6 Å². The van der Waals surface area contributed by atoms with E-state index in [1.165, 1.54) is 24.3 Å². The highest BCUT2D eigenvalue weighted by molar-refractivity contribution is 7.46. The number of nitrogens with zero attached hydrogens (tertiary/aromatic N) is 4. The summed E-state index contributed by atoms with van der Waals surface area (Å²) in [6.45, 7) is 0. The highest BCUT2D eigenvalue weighted by Crippen LogP contribution is 2.51. The Hall–Kier alpha value is -6.91. The number of phosphoric ester groups is 1. The van der Waals surface area contributed by atoms with Crippen molar-refractivity contribution in [2.24, 2.45) is 0 Å². The Labute approximate surface area is 280 Å². The SMILES string of the molecule is N#Cc1ccc(Oc2cccc(-c3cc4ccccc4c(OP(=O)(O)O)c3-c3cccc(Oc4ccc(C#N)c(C#N)c4)c3)c2)cc1C#N. The smallest absolute Gasteiger partial charge is 0.457 e. The van der Waals surface area contributed by atoms with Gasteiger partial charge in [-0.05, 0) is 88.8 Å². The molecule has 0 unspecified atom stereocenters. The van der Waals surface area contributed by atoms with E-state index in [9.17, 15) is 35.4 Å².